The van der Waals surface area contributed by atoms with Gasteiger partial charge in [-0.3, -0.25) is 9.36 Å². The number of aryl methyl sites for hydroxylation is 2. The number of aliphatic hydroxyl groups excluding tert-OH is 3. The molecule has 0 amide bonds. The van der Waals surface area contributed by atoms with Gasteiger partial charge in [0.1, 0.15) is 18.3 Å². The molecule has 6 rings (SSSR count). The van der Waals surface area contributed by atoms with Crippen molar-refractivity contribution >= 4 is 11.2 Å². The average molecular weight is 567 g/mol. The zero-order chi connectivity index (χ0) is 29.5. The molecule has 214 valence electrons. The molecular formula is C32H30N4O6. The van der Waals surface area contributed by atoms with Crippen LogP contribution in [0.2, 0.25) is 0 Å². The van der Waals surface area contributed by atoms with E-state index < -0.39 is 42.4 Å². The van der Waals surface area contributed by atoms with Gasteiger partial charge in [-0.15, -0.1) is 0 Å². The van der Waals surface area contributed by atoms with Crippen LogP contribution in [0.15, 0.2) is 88.5 Å². The van der Waals surface area contributed by atoms with Crippen LogP contribution in [0.5, 0.6) is 0 Å². The van der Waals surface area contributed by atoms with Crippen molar-refractivity contribution in [3.8, 4) is 22.5 Å². The average Bonchev–Trinajstić information content (AvgIpc) is 3.29. The van der Waals surface area contributed by atoms with Crippen molar-refractivity contribution < 1.29 is 20.1 Å². The zero-order valence-electron chi connectivity index (χ0n) is 23.1. The van der Waals surface area contributed by atoms with Crippen molar-refractivity contribution in [2.75, 3.05) is 6.61 Å². The lowest BCUT2D eigenvalue weighted by Crippen LogP contribution is -2.44. The minimum atomic E-state index is -1.58. The number of hydrogen-bond donors (Lipinski definition) is 3. The molecule has 0 spiro atoms. The summed E-state index contributed by atoms with van der Waals surface area (Å²) in [7, 11) is 0. The van der Waals surface area contributed by atoms with Crippen LogP contribution in [0, 0.1) is 13.8 Å². The fourth-order valence-corrected chi connectivity index (χ4v) is 5.23. The lowest BCUT2D eigenvalue weighted by Gasteiger charge is -2.22. The summed E-state index contributed by atoms with van der Waals surface area (Å²) in [6, 6.07) is 24.3. The lowest BCUT2D eigenvalue weighted by atomic mass is 10.0. The Balaban J connectivity index is 1.69. The number of aliphatic hydroxyl groups is 3. The van der Waals surface area contributed by atoms with E-state index in [0.717, 1.165) is 25.8 Å². The Morgan fingerprint density at radius 1 is 0.786 bits per heavy atom. The van der Waals surface area contributed by atoms with Crippen LogP contribution in [-0.4, -0.2) is 59.3 Å². The number of nitrogens with zero attached hydrogens (tertiary/aromatic N) is 4. The smallest absolute Gasteiger partial charge is 0.335 e. The van der Waals surface area contributed by atoms with Gasteiger partial charge in [0.25, 0.3) is 5.56 Å². The Labute approximate surface area is 240 Å². The summed E-state index contributed by atoms with van der Waals surface area (Å²) in [5.74, 6) is 0. The normalized spacial score (nSPS) is 20.3. The van der Waals surface area contributed by atoms with Gasteiger partial charge in [-0.2, -0.15) is 0 Å². The zero-order valence-corrected chi connectivity index (χ0v) is 23.1. The molecule has 1 saturated heterocycles. The first kappa shape index (κ1) is 27.7. The third-order valence-corrected chi connectivity index (χ3v) is 7.60. The fraction of sp³-hybridized carbons (Fsp3) is 0.250. The summed E-state index contributed by atoms with van der Waals surface area (Å²) in [5.41, 5.74) is 3.44. The Morgan fingerprint density at radius 3 is 1.90 bits per heavy atom. The summed E-state index contributed by atoms with van der Waals surface area (Å²) in [4.78, 5) is 37.7. The molecule has 3 heterocycles. The molecule has 3 N–H and O–H groups in total. The molecule has 10 nitrogen and oxygen atoms in total. The van der Waals surface area contributed by atoms with Gasteiger partial charge < -0.3 is 20.1 Å². The van der Waals surface area contributed by atoms with Gasteiger partial charge >= 0.3 is 5.69 Å². The molecule has 3 aromatic carbocycles. The van der Waals surface area contributed by atoms with Gasteiger partial charge in [-0.1, -0.05) is 90.0 Å². The van der Waals surface area contributed by atoms with Crippen LogP contribution in [0.3, 0.4) is 0 Å². The molecule has 5 aromatic rings. The van der Waals surface area contributed by atoms with E-state index in [1.54, 1.807) is 24.3 Å². The van der Waals surface area contributed by atoms with E-state index in [1.807, 2.05) is 68.4 Å². The quantitative estimate of drug-likeness (QED) is 0.285. The molecule has 1 aliphatic heterocycles. The van der Waals surface area contributed by atoms with Crippen LogP contribution >= 0.6 is 0 Å². The van der Waals surface area contributed by atoms with E-state index in [9.17, 15) is 24.9 Å². The van der Waals surface area contributed by atoms with Crippen molar-refractivity contribution in [1.29, 1.82) is 0 Å². The molecule has 0 saturated carbocycles. The Morgan fingerprint density at radius 2 is 1.36 bits per heavy atom. The van der Waals surface area contributed by atoms with Crippen molar-refractivity contribution in [1.82, 2.24) is 19.1 Å². The van der Waals surface area contributed by atoms with Crippen LogP contribution < -0.4 is 11.2 Å². The first-order valence-corrected chi connectivity index (χ1v) is 13.6. The second-order valence-corrected chi connectivity index (χ2v) is 10.6. The highest BCUT2D eigenvalue weighted by molar-refractivity contribution is 5.84. The molecule has 0 bridgehead atoms. The number of fused-ring (bicyclic) bond motifs is 1. The van der Waals surface area contributed by atoms with Crippen molar-refractivity contribution in [2.45, 2.75) is 44.9 Å². The summed E-state index contributed by atoms with van der Waals surface area (Å²) in [6.45, 7) is 3.29. The number of ether oxygens (including phenoxy) is 1. The van der Waals surface area contributed by atoms with E-state index in [0.29, 0.717) is 22.5 Å². The predicted molar refractivity (Wildman–Crippen MR) is 157 cm³/mol. The molecule has 2 aromatic heterocycles. The largest absolute Gasteiger partial charge is 0.394 e. The van der Waals surface area contributed by atoms with Gasteiger partial charge in [0.15, 0.2) is 17.4 Å². The van der Waals surface area contributed by atoms with Gasteiger partial charge in [0.05, 0.1) is 24.5 Å². The molecule has 42 heavy (non-hydrogen) atoms. The first-order chi connectivity index (χ1) is 20.3. The topological polar surface area (TPSA) is 140 Å². The van der Waals surface area contributed by atoms with Crippen LogP contribution in [0.25, 0.3) is 33.7 Å². The Hall–Kier alpha value is -4.48. The second-order valence-electron chi connectivity index (χ2n) is 10.6. The van der Waals surface area contributed by atoms with E-state index in [2.05, 4.69) is 0 Å². The molecule has 0 aliphatic carbocycles. The Bertz CT molecular complexity index is 1870. The molecule has 1 aliphatic rings. The highest BCUT2D eigenvalue weighted by Gasteiger charge is 2.45. The fourth-order valence-electron chi connectivity index (χ4n) is 5.23. The maximum absolute atomic E-state index is 14.1. The number of aromatic nitrogens is 4. The minimum absolute atomic E-state index is 0.0650. The van der Waals surface area contributed by atoms with Gasteiger partial charge in [0, 0.05) is 11.1 Å². The van der Waals surface area contributed by atoms with Gasteiger partial charge in [-0.05, 0) is 19.4 Å². The predicted octanol–water partition coefficient (Wildman–Crippen LogP) is 2.56. The minimum Gasteiger partial charge on any atom is -0.394 e. The van der Waals surface area contributed by atoms with Gasteiger partial charge in [-0.25, -0.2) is 19.3 Å². The van der Waals surface area contributed by atoms with Crippen LogP contribution in [0.4, 0.5) is 0 Å². The third kappa shape index (κ3) is 4.84. The van der Waals surface area contributed by atoms with E-state index in [-0.39, 0.29) is 17.7 Å². The SMILES string of the molecule is Cc1ccc(-c2nc3c(=O)n(Cc4ccccc4)c(=O)n([C@@H]4O[C@H](CO)[C@@H](O)[C@H]4O)c3nc2-c2ccc(C)cc2)cc1. The molecular weight excluding hydrogens is 536 g/mol. The van der Waals surface area contributed by atoms with Crippen molar-refractivity contribution in [2.24, 2.45) is 0 Å². The first-order valence-electron chi connectivity index (χ1n) is 13.6. The van der Waals surface area contributed by atoms with Crippen LogP contribution in [0.1, 0.15) is 22.9 Å². The highest BCUT2D eigenvalue weighted by atomic mass is 16.6. The lowest BCUT2D eigenvalue weighted by molar-refractivity contribution is -0.0535. The molecule has 1 fully saturated rings. The number of benzene rings is 3. The second kappa shape index (κ2) is 11.1. The third-order valence-electron chi connectivity index (χ3n) is 7.60. The maximum Gasteiger partial charge on any atom is 0.335 e. The standard InChI is InChI=1S/C32H30N4O6/c1-18-8-12-21(13-9-18)24-25(22-14-10-19(2)11-15-22)34-29-26(33-24)30(40)35(16-20-6-4-3-5-7-20)32(41)36(29)31-28(39)27(38)23(17-37)42-31/h3-15,23,27-28,31,37-39H,16-17H2,1-2H3/t23-,27-,28-,31-/m1/s1. The Kier molecular flexibility index (Phi) is 7.29. The van der Waals surface area contributed by atoms with E-state index >= 15 is 0 Å². The van der Waals surface area contributed by atoms with E-state index in [4.69, 9.17) is 14.7 Å². The van der Waals surface area contributed by atoms with E-state index in [1.165, 1.54) is 0 Å². The molecule has 10 heteroatoms. The van der Waals surface area contributed by atoms with Crippen molar-refractivity contribution in [3.05, 3.63) is 116 Å². The summed E-state index contributed by atoms with van der Waals surface area (Å²) in [5, 5.41) is 31.2. The molecule has 0 radical (unpaired) electrons. The summed E-state index contributed by atoms with van der Waals surface area (Å²) >= 11 is 0. The van der Waals surface area contributed by atoms with Gasteiger partial charge in [0.2, 0.25) is 0 Å². The number of hydrogen-bond acceptors (Lipinski definition) is 8. The number of rotatable bonds is 6. The summed E-state index contributed by atoms with van der Waals surface area (Å²) in [6.07, 6.45) is -5.61. The summed E-state index contributed by atoms with van der Waals surface area (Å²) < 4.78 is 7.86. The monoisotopic (exact) mass is 566 g/mol. The molecule has 4 atom stereocenters. The maximum atomic E-state index is 14.1. The van der Waals surface area contributed by atoms with Crippen molar-refractivity contribution in [3.63, 3.8) is 0 Å². The highest BCUT2D eigenvalue weighted by Crippen LogP contribution is 2.33. The van der Waals surface area contributed by atoms with Crippen LogP contribution in [-0.2, 0) is 11.3 Å². The molecule has 0 unspecified atom stereocenters.